The van der Waals surface area contributed by atoms with Gasteiger partial charge in [0.05, 0.1) is 19.3 Å². The Kier molecular flexibility index (Phi) is 1.15. The molecular formula is C8H12O3. The van der Waals surface area contributed by atoms with E-state index in [1.54, 1.807) is 0 Å². The molecule has 0 amide bonds. The van der Waals surface area contributed by atoms with Crippen molar-refractivity contribution in [2.24, 2.45) is 0 Å². The number of fused-ring (bicyclic) bond motifs is 2. The third-order valence-corrected chi connectivity index (χ3v) is 2.81. The highest BCUT2D eigenvalue weighted by atomic mass is 16.8. The van der Waals surface area contributed by atoms with Crippen LogP contribution in [0.15, 0.2) is 0 Å². The maximum absolute atomic E-state index is 5.59. The van der Waals surface area contributed by atoms with Gasteiger partial charge in [0.2, 0.25) is 0 Å². The van der Waals surface area contributed by atoms with Crippen LogP contribution in [-0.4, -0.2) is 31.2 Å². The fraction of sp³-hybridized carbons (Fsp3) is 1.00. The molecule has 3 heteroatoms. The molecule has 3 aliphatic rings. The molecule has 0 N–H and O–H groups in total. The van der Waals surface area contributed by atoms with Crippen LogP contribution >= 0.6 is 0 Å². The fourth-order valence-corrected chi connectivity index (χ4v) is 2.22. The van der Waals surface area contributed by atoms with E-state index in [4.69, 9.17) is 14.2 Å². The number of rotatable bonds is 0. The average Bonchev–Trinajstić information content (AvgIpc) is 2.68. The molecule has 1 aliphatic carbocycles. The van der Waals surface area contributed by atoms with E-state index in [-0.39, 0.29) is 11.9 Å². The molecule has 62 valence electrons. The zero-order valence-electron chi connectivity index (χ0n) is 6.41. The summed E-state index contributed by atoms with van der Waals surface area (Å²) in [6.07, 6.45) is 4.11. The Hall–Kier alpha value is -0.120. The summed E-state index contributed by atoms with van der Waals surface area (Å²) in [6, 6.07) is 0. The van der Waals surface area contributed by atoms with Gasteiger partial charge < -0.3 is 14.2 Å². The minimum absolute atomic E-state index is 0.263. The maximum Gasteiger partial charge on any atom is 0.197 e. The van der Waals surface area contributed by atoms with Gasteiger partial charge >= 0.3 is 0 Å². The van der Waals surface area contributed by atoms with Gasteiger partial charge in [-0.2, -0.15) is 0 Å². The molecule has 0 aromatic heterocycles. The highest BCUT2D eigenvalue weighted by molar-refractivity contribution is 5.02. The zero-order chi connectivity index (χ0) is 7.31. The van der Waals surface area contributed by atoms with Crippen LogP contribution in [0.1, 0.15) is 19.3 Å². The summed E-state index contributed by atoms with van der Waals surface area (Å²) in [5.74, 6) is -0.317. The lowest BCUT2D eigenvalue weighted by molar-refractivity contribution is -0.179. The molecule has 0 bridgehead atoms. The van der Waals surface area contributed by atoms with Gasteiger partial charge in [0.25, 0.3) is 0 Å². The zero-order valence-corrected chi connectivity index (χ0v) is 6.41. The number of ether oxygens (including phenoxy) is 3. The first-order chi connectivity index (χ1) is 5.41. The van der Waals surface area contributed by atoms with Crippen LogP contribution in [-0.2, 0) is 14.2 Å². The van der Waals surface area contributed by atoms with Crippen LogP contribution < -0.4 is 0 Å². The molecule has 2 heterocycles. The predicted octanol–water partition coefficient (Wildman–Crippen LogP) is 0.681. The molecule has 3 nitrogen and oxygen atoms in total. The highest BCUT2D eigenvalue weighted by Crippen LogP contribution is 2.47. The van der Waals surface area contributed by atoms with Crippen molar-refractivity contribution in [2.45, 2.75) is 37.3 Å². The van der Waals surface area contributed by atoms with Crippen molar-refractivity contribution in [2.75, 3.05) is 13.2 Å². The summed E-state index contributed by atoms with van der Waals surface area (Å²) in [6.45, 7) is 1.49. The quantitative estimate of drug-likeness (QED) is 0.483. The molecule has 11 heavy (non-hydrogen) atoms. The van der Waals surface area contributed by atoms with E-state index in [9.17, 15) is 0 Å². The average molecular weight is 156 g/mol. The van der Waals surface area contributed by atoms with Crippen LogP contribution in [0.5, 0.6) is 0 Å². The Bertz CT molecular complexity index is 174. The van der Waals surface area contributed by atoms with Crippen molar-refractivity contribution in [1.82, 2.24) is 0 Å². The molecule has 3 rings (SSSR count). The number of hydrogen-bond acceptors (Lipinski definition) is 3. The largest absolute Gasteiger partial charge is 0.364 e. The van der Waals surface area contributed by atoms with Gasteiger partial charge in [0.15, 0.2) is 5.79 Å². The lowest BCUT2D eigenvalue weighted by Gasteiger charge is -2.28. The van der Waals surface area contributed by atoms with E-state index in [1.807, 2.05) is 0 Å². The van der Waals surface area contributed by atoms with Crippen LogP contribution in [0, 0.1) is 0 Å². The third kappa shape index (κ3) is 0.789. The van der Waals surface area contributed by atoms with Crippen molar-refractivity contribution < 1.29 is 14.2 Å². The Labute approximate surface area is 65.6 Å². The first-order valence-electron chi connectivity index (χ1n) is 4.34. The van der Waals surface area contributed by atoms with Crippen LogP contribution in [0.25, 0.3) is 0 Å². The first kappa shape index (κ1) is 6.40. The highest BCUT2D eigenvalue weighted by Gasteiger charge is 2.60. The lowest BCUT2D eigenvalue weighted by atomic mass is 9.94. The monoisotopic (exact) mass is 156 g/mol. The number of epoxide rings is 1. The molecule has 0 aromatic carbocycles. The Morgan fingerprint density at radius 3 is 2.82 bits per heavy atom. The van der Waals surface area contributed by atoms with Crippen LogP contribution in [0.4, 0.5) is 0 Å². The van der Waals surface area contributed by atoms with Crippen LogP contribution in [0.2, 0.25) is 0 Å². The minimum Gasteiger partial charge on any atom is -0.364 e. The maximum atomic E-state index is 5.59. The SMILES string of the molecule is C1C[C@H]2O[C@H]2C2(C1)OCCO2. The van der Waals surface area contributed by atoms with Crippen molar-refractivity contribution in [3.63, 3.8) is 0 Å². The van der Waals surface area contributed by atoms with Crippen molar-refractivity contribution in [3.8, 4) is 0 Å². The van der Waals surface area contributed by atoms with E-state index >= 15 is 0 Å². The van der Waals surface area contributed by atoms with Gasteiger partial charge in [-0.15, -0.1) is 0 Å². The summed E-state index contributed by atoms with van der Waals surface area (Å²) in [5.41, 5.74) is 0. The summed E-state index contributed by atoms with van der Waals surface area (Å²) < 4.78 is 16.6. The summed E-state index contributed by atoms with van der Waals surface area (Å²) in [4.78, 5) is 0. The van der Waals surface area contributed by atoms with Crippen molar-refractivity contribution >= 4 is 0 Å². The fourth-order valence-electron chi connectivity index (χ4n) is 2.22. The van der Waals surface area contributed by atoms with Gasteiger partial charge in [-0.25, -0.2) is 0 Å². The Balaban J connectivity index is 1.84. The molecule has 0 aromatic rings. The minimum atomic E-state index is -0.317. The van der Waals surface area contributed by atoms with E-state index in [0.29, 0.717) is 6.10 Å². The number of hydrogen-bond donors (Lipinski definition) is 0. The molecule has 1 spiro atoms. The molecule has 3 fully saturated rings. The lowest BCUT2D eigenvalue weighted by Crippen LogP contribution is -2.40. The van der Waals surface area contributed by atoms with Crippen LogP contribution in [0.3, 0.4) is 0 Å². The van der Waals surface area contributed by atoms with Gasteiger partial charge in [-0.1, -0.05) is 0 Å². The molecule has 2 saturated heterocycles. The van der Waals surface area contributed by atoms with E-state index in [2.05, 4.69) is 0 Å². The first-order valence-corrected chi connectivity index (χ1v) is 4.34. The van der Waals surface area contributed by atoms with Gasteiger partial charge in [-0.3, -0.25) is 0 Å². The standard InChI is InChI=1S/C8H12O3/c1-2-6-7(11-6)8(3-1)9-4-5-10-8/h6-7H,1-5H2/t6-,7-/m1/s1. The molecule has 0 unspecified atom stereocenters. The Morgan fingerprint density at radius 1 is 1.18 bits per heavy atom. The van der Waals surface area contributed by atoms with Crippen molar-refractivity contribution in [3.05, 3.63) is 0 Å². The summed E-state index contributed by atoms with van der Waals surface area (Å²) in [5, 5.41) is 0. The molecule has 2 aliphatic heterocycles. The molecule has 2 atom stereocenters. The second-order valence-corrected chi connectivity index (χ2v) is 3.50. The second-order valence-electron chi connectivity index (χ2n) is 3.50. The predicted molar refractivity (Wildman–Crippen MR) is 37.1 cm³/mol. The summed E-state index contributed by atoms with van der Waals surface area (Å²) >= 11 is 0. The topological polar surface area (TPSA) is 31.0 Å². The van der Waals surface area contributed by atoms with Gasteiger partial charge in [0, 0.05) is 6.42 Å². The van der Waals surface area contributed by atoms with Crippen molar-refractivity contribution in [1.29, 1.82) is 0 Å². The van der Waals surface area contributed by atoms with E-state index < -0.39 is 0 Å². The van der Waals surface area contributed by atoms with E-state index in [0.717, 1.165) is 19.6 Å². The normalized spacial score (nSPS) is 45.8. The third-order valence-electron chi connectivity index (χ3n) is 2.81. The second kappa shape index (κ2) is 1.97. The van der Waals surface area contributed by atoms with Gasteiger partial charge in [-0.05, 0) is 12.8 Å². The molecule has 1 saturated carbocycles. The summed E-state index contributed by atoms with van der Waals surface area (Å²) in [7, 11) is 0. The molecule has 0 radical (unpaired) electrons. The molecular weight excluding hydrogens is 144 g/mol. The van der Waals surface area contributed by atoms with E-state index in [1.165, 1.54) is 12.8 Å². The smallest absolute Gasteiger partial charge is 0.197 e. The Morgan fingerprint density at radius 2 is 2.00 bits per heavy atom. The van der Waals surface area contributed by atoms with Gasteiger partial charge in [0.1, 0.15) is 6.10 Å².